The van der Waals surface area contributed by atoms with Crippen LogP contribution in [0.25, 0.3) is 0 Å². The van der Waals surface area contributed by atoms with Gasteiger partial charge in [-0.05, 0) is 32.1 Å². The number of ether oxygens (including phenoxy) is 3. The lowest BCUT2D eigenvalue weighted by Crippen LogP contribution is -2.53. The molecule has 0 aromatic rings. The fourth-order valence-corrected chi connectivity index (χ4v) is 3.08. The van der Waals surface area contributed by atoms with Gasteiger partial charge >= 0.3 is 0 Å². The van der Waals surface area contributed by atoms with E-state index in [-0.39, 0.29) is 36.2 Å². The highest BCUT2D eigenvalue weighted by Gasteiger charge is 2.32. The van der Waals surface area contributed by atoms with E-state index in [1.54, 1.807) is 0 Å². The van der Waals surface area contributed by atoms with Crippen LogP contribution in [0.4, 0.5) is 0 Å². The molecule has 2 saturated heterocycles. The molecule has 2 fully saturated rings. The number of hydrogen-bond acceptors (Lipinski definition) is 4. The van der Waals surface area contributed by atoms with Gasteiger partial charge in [-0.3, -0.25) is 4.99 Å². The van der Waals surface area contributed by atoms with Crippen LogP contribution in [0.2, 0.25) is 0 Å². The monoisotopic (exact) mass is 469 g/mol. The number of rotatable bonds is 8. The molecule has 2 atom stereocenters. The highest BCUT2D eigenvalue weighted by Crippen LogP contribution is 2.21. The zero-order valence-corrected chi connectivity index (χ0v) is 18.4. The Morgan fingerprint density at radius 3 is 2.76 bits per heavy atom. The molecule has 2 unspecified atom stereocenters. The van der Waals surface area contributed by atoms with E-state index >= 15 is 0 Å². The van der Waals surface area contributed by atoms with Crippen LogP contribution in [0.1, 0.15) is 40.0 Å². The minimum absolute atomic E-state index is 0. The third-order valence-corrected chi connectivity index (χ3v) is 4.27. The maximum Gasteiger partial charge on any atom is 0.194 e. The van der Waals surface area contributed by atoms with Crippen molar-refractivity contribution in [2.45, 2.75) is 52.2 Å². The van der Waals surface area contributed by atoms with Crippen molar-refractivity contribution in [1.82, 2.24) is 10.2 Å². The fraction of sp³-hybridized carbons (Fsp3) is 0.944. The predicted octanol–water partition coefficient (Wildman–Crippen LogP) is 2.51. The Kier molecular flexibility index (Phi) is 12.0. The van der Waals surface area contributed by atoms with Crippen LogP contribution in [-0.4, -0.2) is 75.7 Å². The molecule has 25 heavy (non-hydrogen) atoms. The molecular weight excluding hydrogens is 433 g/mol. The number of hydrogen-bond donors (Lipinski definition) is 1. The van der Waals surface area contributed by atoms with E-state index in [1.807, 2.05) is 0 Å². The molecule has 0 radical (unpaired) electrons. The summed E-state index contributed by atoms with van der Waals surface area (Å²) >= 11 is 0. The molecule has 0 aromatic carbocycles. The third-order valence-electron chi connectivity index (χ3n) is 4.27. The highest BCUT2D eigenvalue weighted by atomic mass is 127. The van der Waals surface area contributed by atoms with E-state index in [9.17, 15) is 0 Å². The van der Waals surface area contributed by atoms with Crippen LogP contribution < -0.4 is 5.32 Å². The summed E-state index contributed by atoms with van der Waals surface area (Å²) in [5, 5.41) is 3.41. The largest absolute Gasteiger partial charge is 0.381 e. The lowest BCUT2D eigenvalue weighted by molar-refractivity contribution is -0.0817. The molecule has 0 aliphatic carbocycles. The number of nitrogens with one attached hydrogen (secondary N) is 1. The molecule has 2 heterocycles. The summed E-state index contributed by atoms with van der Waals surface area (Å²) < 4.78 is 17.4. The Bertz CT molecular complexity index is 377. The van der Waals surface area contributed by atoms with Crippen molar-refractivity contribution in [2.24, 2.45) is 10.9 Å². The second-order valence-corrected chi connectivity index (χ2v) is 6.96. The molecule has 0 amide bonds. The molecule has 2 aliphatic rings. The van der Waals surface area contributed by atoms with Gasteiger partial charge in [0.25, 0.3) is 0 Å². The van der Waals surface area contributed by atoms with E-state index in [0.717, 1.165) is 77.8 Å². The van der Waals surface area contributed by atoms with Crippen molar-refractivity contribution >= 4 is 29.9 Å². The van der Waals surface area contributed by atoms with Crippen molar-refractivity contribution < 1.29 is 14.2 Å². The quantitative estimate of drug-likeness (QED) is 0.256. The van der Waals surface area contributed by atoms with Gasteiger partial charge in [-0.15, -0.1) is 24.0 Å². The molecule has 1 N–H and O–H groups in total. The normalized spacial score (nSPS) is 24.5. The first-order chi connectivity index (χ1) is 11.7. The summed E-state index contributed by atoms with van der Waals surface area (Å²) in [4.78, 5) is 7.08. The SMILES string of the molecule is CCNC(=NCCCOCC(C)C)N1CCOC(C2CCCO2)C1.I. The maximum atomic E-state index is 5.93. The van der Waals surface area contributed by atoms with E-state index < -0.39 is 0 Å². The molecule has 0 saturated carbocycles. The van der Waals surface area contributed by atoms with Gasteiger partial charge in [0, 0.05) is 46.0 Å². The number of aliphatic imine (C=N–C) groups is 1. The fourth-order valence-electron chi connectivity index (χ4n) is 3.08. The Balaban J connectivity index is 0.00000312. The Morgan fingerprint density at radius 1 is 1.28 bits per heavy atom. The van der Waals surface area contributed by atoms with Crippen molar-refractivity contribution in [3.05, 3.63) is 0 Å². The Morgan fingerprint density at radius 2 is 2.08 bits per heavy atom. The standard InChI is InChI=1S/C18H35N3O3.HI/c1-4-19-18(20-8-6-10-22-14-15(2)3)21-9-12-24-17(13-21)16-7-5-11-23-16;/h15-17H,4-14H2,1-3H3,(H,19,20);1H. The summed E-state index contributed by atoms with van der Waals surface area (Å²) in [6, 6.07) is 0. The third kappa shape index (κ3) is 8.41. The van der Waals surface area contributed by atoms with Gasteiger partial charge in [0.2, 0.25) is 0 Å². The van der Waals surface area contributed by atoms with E-state index in [2.05, 4.69) is 31.0 Å². The van der Waals surface area contributed by atoms with E-state index in [0.29, 0.717) is 5.92 Å². The van der Waals surface area contributed by atoms with Gasteiger partial charge < -0.3 is 24.4 Å². The smallest absolute Gasteiger partial charge is 0.194 e. The molecular formula is C18H36IN3O3. The van der Waals surface area contributed by atoms with Crippen molar-refractivity contribution in [3.8, 4) is 0 Å². The van der Waals surface area contributed by atoms with Crippen LogP contribution in [0.15, 0.2) is 4.99 Å². The van der Waals surface area contributed by atoms with Crippen molar-refractivity contribution in [2.75, 3.05) is 52.6 Å². The second-order valence-electron chi connectivity index (χ2n) is 6.96. The topological polar surface area (TPSA) is 55.3 Å². The van der Waals surface area contributed by atoms with Crippen molar-refractivity contribution in [3.63, 3.8) is 0 Å². The molecule has 148 valence electrons. The van der Waals surface area contributed by atoms with Crippen LogP contribution in [0, 0.1) is 5.92 Å². The van der Waals surface area contributed by atoms with Crippen molar-refractivity contribution in [1.29, 1.82) is 0 Å². The summed E-state index contributed by atoms with van der Waals surface area (Å²) in [7, 11) is 0. The first kappa shape index (κ1) is 22.9. The summed E-state index contributed by atoms with van der Waals surface area (Å²) in [6.07, 6.45) is 3.63. The van der Waals surface area contributed by atoms with Gasteiger partial charge in [0.1, 0.15) is 6.10 Å². The Hall–Kier alpha value is -0.120. The molecule has 0 bridgehead atoms. The zero-order chi connectivity index (χ0) is 17.2. The number of nitrogens with zero attached hydrogens (tertiary/aromatic N) is 2. The minimum atomic E-state index is 0. The van der Waals surface area contributed by atoms with Gasteiger partial charge in [-0.2, -0.15) is 0 Å². The lowest BCUT2D eigenvalue weighted by atomic mass is 10.1. The minimum Gasteiger partial charge on any atom is -0.381 e. The molecule has 2 aliphatic heterocycles. The second kappa shape index (κ2) is 13.1. The molecule has 2 rings (SSSR count). The molecule has 0 aromatic heterocycles. The van der Waals surface area contributed by atoms with Crippen LogP contribution in [0.3, 0.4) is 0 Å². The molecule has 0 spiro atoms. The number of guanidine groups is 1. The number of halogens is 1. The first-order valence-corrected chi connectivity index (χ1v) is 9.55. The molecule has 7 heteroatoms. The van der Waals surface area contributed by atoms with Gasteiger partial charge in [-0.1, -0.05) is 13.8 Å². The number of morpholine rings is 1. The van der Waals surface area contributed by atoms with E-state index in [1.165, 1.54) is 0 Å². The summed E-state index contributed by atoms with van der Waals surface area (Å²) in [5.74, 6) is 1.58. The van der Waals surface area contributed by atoms with Gasteiger partial charge in [0.05, 0.1) is 12.7 Å². The predicted molar refractivity (Wildman–Crippen MR) is 112 cm³/mol. The zero-order valence-electron chi connectivity index (χ0n) is 16.0. The van der Waals surface area contributed by atoms with Crippen LogP contribution >= 0.6 is 24.0 Å². The Labute approximate surface area is 170 Å². The lowest BCUT2D eigenvalue weighted by Gasteiger charge is -2.37. The average molecular weight is 469 g/mol. The van der Waals surface area contributed by atoms with Crippen LogP contribution in [0.5, 0.6) is 0 Å². The van der Waals surface area contributed by atoms with Gasteiger partial charge in [0.15, 0.2) is 5.96 Å². The van der Waals surface area contributed by atoms with Crippen LogP contribution in [-0.2, 0) is 14.2 Å². The molecule has 6 nitrogen and oxygen atoms in total. The first-order valence-electron chi connectivity index (χ1n) is 9.55. The summed E-state index contributed by atoms with van der Waals surface area (Å²) in [6.45, 7) is 13.1. The maximum absolute atomic E-state index is 5.93. The van der Waals surface area contributed by atoms with Gasteiger partial charge in [-0.25, -0.2) is 0 Å². The summed E-state index contributed by atoms with van der Waals surface area (Å²) in [5.41, 5.74) is 0. The highest BCUT2D eigenvalue weighted by molar-refractivity contribution is 14.0. The average Bonchev–Trinajstić information content (AvgIpc) is 3.11. The van der Waals surface area contributed by atoms with E-state index in [4.69, 9.17) is 19.2 Å².